The van der Waals surface area contributed by atoms with Gasteiger partial charge in [-0.3, -0.25) is 0 Å². The maximum absolute atomic E-state index is 9.55. The van der Waals surface area contributed by atoms with Crippen LogP contribution in [0.1, 0.15) is 24.8 Å². The van der Waals surface area contributed by atoms with Crippen molar-refractivity contribution in [1.82, 2.24) is 0 Å². The molecule has 88 valence electrons. The van der Waals surface area contributed by atoms with Crippen molar-refractivity contribution in [2.45, 2.75) is 24.7 Å². The van der Waals surface area contributed by atoms with Gasteiger partial charge in [0.1, 0.15) is 0 Å². The van der Waals surface area contributed by atoms with Crippen LogP contribution in [0.4, 0.5) is 0 Å². The lowest BCUT2D eigenvalue weighted by Crippen LogP contribution is -2.61. The van der Waals surface area contributed by atoms with Gasteiger partial charge in [0, 0.05) is 4.47 Å². The van der Waals surface area contributed by atoms with Crippen molar-refractivity contribution in [3.63, 3.8) is 0 Å². The van der Waals surface area contributed by atoms with Gasteiger partial charge in [0.15, 0.2) is 0 Å². The molecule has 0 atom stereocenters. The first kappa shape index (κ1) is 11.3. The summed E-state index contributed by atoms with van der Waals surface area (Å²) in [4.78, 5) is 0. The van der Waals surface area contributed by atoms with Crippen molar-refractivity contribution in [3.8, 4) is 6.07 Å². The van der Waals surface area contributed by atoms with Gasteiger partial charge >= 0.3 is 0 Å². The van der Waals surface area contributed by atoms with E-state index < -0.39 is 0 Å². The molecule has 0 unspecified atom stereocenters. The summed E-state index contributed by atoms with van der Waals surface area (Å²) >= 11 is 3.51. The summed E-state index contributed by atoms with van der Waals surface area (Å²) in [6, 6.07) is 10.9. The Bertz CT molecular complexity index is 483. The van der Waals surface area contributed by atoms with E-state index in [9.17, 15) is 5.26 Å². The highest BCUT2D eigenvalue weighted by Crippen LogP contribution is 2.58. The van der Waals surface area contributed by atoms with Crippen molar-refractivity contribution >= 4 is 15.9 Å². The molecule has 0 aromatic heterocycles. The molecule has 0 spiro atoms. The fraction of sp³-hybridized carbons (Fsp3) is 0.500. The summed E-state index contributed by atoms with van der Waals surface area (Å²) in [7, 11) is 0. The normalized spacial score (nSPS) is 24.2. The molecular weight excluding hydrogens is 278 g/mol. The van der Waals surface area contributed by atoms with Gasteiger partial charge < -0.3 is 4.74 Å². The fourth-order valence-corrected chi connectivity index (χ4v) is 3.44. The molecule has 0 bridgehead atoms. The maximum Gasteiger partial charge on any atom is 0.0715 e. The second-order valence-electron chi connectivity index (χ2n) is 5.13. The minimum absolute atomic E-state index is 0.0657. The highest BCUT2D eigenvalue weighted by atomic mass is 79.9. The lowest BCUT2D eigenvalue weighted by atomic mass is 9.50. The Morgan fingerprint density at radius 1 is 1.29 bits per heavy atom. The molecule has 1 aromatic carbocycles. The molecule has 1 aliphatic heterocycles. The van der Waals surface area contributed by atoms with Crippen LogP contribution in [0.5, 0.6) is 0 Å². The standard InChI is InChI=1S/C14H14BrNO/c15-12-4-1-3-11(7-12)14(9-17-10-14)13(8-16)5-2-6-13/h1,3-4,7H,2,5-6,9-10H2. The summed E-state index contributed by atoms with van der Waals surface area (Å²) in [6.45, 7) is 1.38. The molecule has 1 heterocycles. The van der Waals surface area contributed by atoms with Crippen LogP contribution in [-0.2, 0) is 10.2 Å². The van der Waals surface area contributed by atoms with Crippen LogP contribution in [0.15, 0.2) is 28.7 Å². The minimum atomic E-state index is -0.188. The Morgan fingerprint density at radius 3 is 2.47 bits per heavy atom. The molecule has 1 saturated carbocycles. The van der Waals surface area contributed by atoms with Crippen LogP contribution in [0.2, 0.25) is 0 Å². The lowest BCUT2D eigenvalue weighted by molar-refractivity contribution is -0.134. The Hall–Kier alpha value is -0.850. The Kier molecular flexibility index (Phi) is 2.53. The van der Waals surface area contributed by atoms with Crippen molar-refractivity contribution in [1.29, 1.82) is 5.26 Å². The van der Waals surface area contributed by atoms with Gasteiger partial charge in [-0.2, -0.15) is 5.26 Å². The predicted octanol–water partition coefficient (Wildman–Crippen LogP) is 3.41. The highest BCUT2D eigenvalue weighted by Gasteiger charge is 2.60. The Morgan fingerprint density at radius 2 is 2.06 bits per heavy atom. The molecule has 3 rings (SSSR count). The van der Waals surface area contributed by atoms with Gasteiger partial charge in [0.05, 0.1) is 30.1 Å². The van der Waals surface area contributed by atoms with E-state index in [1.165, 1.54) is 12.0 Å². The molecule has 1 aliphatic carbocycles. The van der Waals surface area contributed by atoms with Crippen LogP contribution in [0, 0.1) is 16.7 Å². The zero-order chi connectivity index (χ0) is 11.9. The van der Waals surface area contributed by atoms with Crippen molar-refractivity contribution in [2.75, 3.05) is 13.2 Å². The second-order valence-corrected chi connectivity index (χ2v) is 6.05. The van der Waals surface area contributed by atoms with Crippen molar-refractivity contribution in [3.05, 3.63) is 34.3 Å². The number of hydrogen-bond acceptors (Lipinski definition) is 2. The number of nitrogens with zero attached hydrogens (tertiary/aromatic N) is 1. The zero-order valence-corrected chi connectivity index (χ0v) is 11.2. The molecule has 2 aliphatic rings. The predicted molar refractivity (Wildman–Crippen MR) is 68.5 cm³/mol. The van der Waals surface area contributed by atoms with E-state index in [0.29, 0.717) is 13.2 Å². The van der Waals surface area contributed by atoms with E-state index in [0.717, 1.165) is 17.3 Å². The molecule has 2 nitrogen and oxygen atoms in total. The number of rotatable bonds is 2. The first-order chi connectivity index (χ1) is 8.22. The summed E-state index contributed by atoms with van der Waals surface area (Å²) < 4.78 is 6.53. The van der Waals surface area contributed by atoms with Crippen LogP contribution in [-0.4, -0.2) is 13.2 Å². The fourth-order valence-electron chi connectivity index (χ4n) is 3.04. The summed E-state index contributed by atoms with van der Waals surface area (Å²) in [5.74, 6) is 0. The van der Waals surface area contributed by atoms with Crippen LogP contribution in [0.3, 0.4) is 0 Å². The first-order valence-corrected chi connectivity index (χ1v) is 6.77. The van der Waals surface area contributed by atoms with Crippen LogP contribution < -0.4 is 0 Å². The molecule has 0 amide bonds. The second kappa shape index (κ2) is 3.83. The van der Waals surface area contributed by atoms with Crippen LogP contribution in [0.25, 0.3) is 0 Å². The van der Waals surface area contributed by atoms with Crippen LogP contribution >= 0.6 is 15.9 Å². The number of nitriles is 1. The third-order valence-corrected chi connectivity index (χ3v) is 4.90. The van der Waals surface area contributed by atoms with Gasteiger partial charge in [-0.25, -0.2) is 0 Å². The van der Waals surface area contributed by atoms with Crippen molar-refractivity contribution in [2.24, 2.45) is 5.41 Å². The molecule has 0 radical (unpaired) electrons. The monoisotopic (exact) mass is 291 g/mol. The van der Waals surface area contributed by atoms with Gasteiger partial charge in [-0.05, 0) is 30.5 Å². The number of benzene rings is 1. The van der Waals surface area contributed by atoms with E-state index in [2.05, 4.69) is 34.1 Å². The topological polar surface area (TPSA) is 33.0 Å². The van der Waals surface area contributed by atoms with Crippen molar-refractivity contribution < 1.29 is 4.74 Å². The molecule has 17 heavy (non-hydrogen) atoms. The number of halogens is 1. The lowest BCUT2D eigenvalue weighted by Gasteiger charge is -2.56. The van der Waals surface area contributed by atoms with Gasteiger partial charge in [0.2, 0.25) is 0 Å². The summed E-state index contributed by atoms with van der Waals surface area (Å²) in [6.07, 6.45) is 3.20. The number of hydrogen-bond donors (Lipinski definition) is 0. The van der Waals surface area contributed by atoms with E-state index in [1.54, 1.807) is 0 Å². The van der Waals surface area contributed by atoms with Gasteiger partial charge in [-0.15, -0.1) is 0 Å². The number of ether oxygens (including phenoxy) is 1. The third-order valence-electron chi connectivity index (χ3n) is 4.41. The highest BCUT2D eigenvalue weighted by molar-refractivity contribution is 9.10. The molecule has 1 aromatic rings. The average molecular weight is 292 g/mol. The Labute approximate surface area is 110 Å². The van der Waals surface area contributed by atoms with Gasteiger partial charge in [0.25, 0.3) is 0 Å². The molecule has 0 N–H and O–H groups in total. The largest absolute Gasteiger partial charge is 0.379 e. The van der Waals surface area contributed by atoms with E-state index in [1.807, 2.05) is 12.1 Å². The average Bonchev–Trinajstić information content (AvgIpc) is 2.20. The summed E-state index contributed by atoms with van der Waals surface area (Å²) in [5, 5.41) is 9.55. The minimum Gasteiger partial charge on any atom is -0.379 e. The Balaban J connectivity index is 2.06. The van der Waals surface area contributed by atoms with Gasteiger partial charge in [-0.1, -0.05) is 34.5 Å². The SMILES string of the molecule is N#CC1(C2(c3cccc(Br)c3)COC2)CCC1. The molecule has 3 heteroatoms. The van der Waals surface area contributed by atoms with E-state index in [4.69, 9.17) is 4.74 Å². The zero-order valence-electron chi connectivity index (χ0n) is 9.58. The molecular formula is C14H14BrNO. The summed E-state index contributed by atoms with van der Waals surface area (Å²) in [5.41, 5.74) is 0.995. The first-order valence-electron chi connectivity index (χ1n) is 5.98. The smallest absolute Gasteiger partial charge is 0.0715 e. The third kappa shape index (κ3) is 1.41. The quantitative estimate of drug-likeness (QED) is 0.837. The maximum atomic E-state index is 9.55. The molecule has 2 fully saturated rings. The van der Waals surface area contributed by atoms with E-state index >= 15 is 0 Å². The molecule has 1 saturated heterocycles. The van der Waals surface area contributed by atoms with E-state index in [-0.39, 0.29) is 10.8 Å².